The highest BCUT2D eigenvalue weighted by atomic mass is 35.5. The number of hydrogen-bond donors (Lipinski definition) is 0. The van der Waals surface area contributed by atoms with Crippen molar-refractivity contribution in [3.8, 4) is 5.75 Å². The van der Waals surface area contributed by atoms with E-state index in [1.54, 1.807) is 12.1 Å². The average molecular weight is 370 g/mol. The number of nitrogens with zero attached hydrogens (tertiary/aromatic N) is 1. The molecule has 0 saturated carbocycles. The molecule has 0 saturated heterocycles. The Morgan fingerprint density at radius 3 is 2.52 bits per heavy atom. The Morgan fingerprint density at radius 2 is 1.72 bits per heavy atom. The van der Waals surface area contributed by atoms with Crippen LogP contribution in [-0.4, -0.2) is 6.21 Å². The lowest BCUT2D eigenvalue weighted by Crippen LogP contribution is -1.99. The first kappa shape index (κ1) is 17.5. The summed E-state index contributed by atoms with van der Waals surface area (Å²) in [5.74, 6) is 0.755. The zero-order chi connectivity index (χ0) is 17.6. The van der Waals surface area contributed by atoms with Gasteiger partial charge in [-0.25, -0.2) is 0 Å². The molecular formula is C21H17Cl2NO. The van der Waals surface area contributed by atoms with Crippen LogP contribution in [0.1, 0.15) is 16.7 Å². The molecule has 3 aromatic rings. The lowest BCUT2D eigenvalue weighted by Gasteiger charge is -2.10. The zero-order valence-electron chi connectivity index (χ0n) is 13.7. The summed E-state index contributed by atoms with van der Waals surface area (Å²) in [6, 6.07) is 21.2. The molecule has 126 valence electrons. The minimum absolute atomic E-state index is 0.366. The molecule has 0 spiro atoms. The maximum absolute atomic E-state index is 6.20. The molecule has 0 radical (unpaired) electrons. The number of ether oxygens (including phenoxy) is 1. The molecule has 0 unspecified atom stereocenters. The Balaban J connectivity index is 1.78. The van der Waals surface area contributed by atoms with Crippen LogP contribution in [0.4, 0.5) is 5.69 Å². The Hall–Kier alpha value is -2.29. The second kappa shape index (κ2) is 8.19. The summed E-state index contributed by atoms with van der Waals surface area (Å²) in [4.78, 5) is 4.57. The van der Waals surface area contributed by atoms with Gasteiger partial charge in [-0.2, -0.15) is 0 Å². The van der Waals surface area contributed by atoms with Crippen molar-refractivity contribution in [3.63, 3.8) is 0 Å². The normalized spacial score (nSPS) is 11.0. The lowest BCUT2D eigenvalue weighted by atomic mass is 10.2. The van der Waals surface area contributed by atoms with Crippen LogP contribution in [0, 0.1) is 6.92 Å². The number of halogens is 2. The molecule has 0 amide bonds. The number of aliphatic imine (C=N–C) groups is 1. The van der Waals surface area contributed by atoms with Crippen LogP contribution in [0.25, 0.3) is 0 Å². The van der Waals surface area contributed by atoms with Gasteiger partial charge in [0.25, 0.3) is 0 Å². The lowest BCUT2D eigenvalue weighted by molar-refractivity contribution is 0.306. The van der Waals surface area contributed by atoms with Gasteiger partial charge in [0.15, 0.2) is 0 Å². The second-order valence-electron chi connectivity index (χ2n) is 5.61. The molecule has 2 nitrogen and oxygen atoms in total. The topological polar surface area (TPSA) is 21.6 Å². The first-order chi connectivity index (χ1) is 12.1. The van der Waals surface area contributed by atoms with E-state index in [9.17, 15) is 0 Å². The molecule has 0 aliphatic carbocycles. The van der Waals surface area contributed by atoms with E-state index in [-0.39, 0.29) is 0 Å². The number of benzene rings is 3. The van der Waals surface area contributed by atoms with Gasteiger partial charge in [0, 0.05) is 27.4 Å². The van der Waals surface area contributed by atoms with Crippen molar-refractivity contribution in [3.05, 3.63) is 93.5 Å². The van der Waals surface area contributed by atoms with Gasteiger partial charge in [0.1, 0.15) is 12.4 Å². The fraction of sp³-hybridized carbons (Fsp3) is 0.0952. The summed E-state index contributed by atoms with van der Waals surface area (Å²) in [5.41, 5.74) is 3.87. The van der Waals surface area contributed by atoms with Gasteiger partial charge in [-0.3, -0.25) is 4.99 Å². The van der Waals surface area contributed by atoms with E-state index in [0.29, 0.717) is 16.7 Å². The predicted octanol–water partition coefficient (Wildman–Crippen LogP) is 6.63. The van der Waals surface area contributed by atoms with Crippen LogP contribution in [0.2, 0.25) is 10.0 Å². The van der Waals surface area contributed by atoms with E-state index >= 15 is 0 Å². The van der Waals surface area contributed by atoms with Gasteiger partial charge >= 0.3 is 0 Å². The van der Waals surface area contributed by atoms with Crippen molar-refractivity contribution >= 4 is 35.1 Å². The summed E-state index contributed by atoms with van der Waals surface area (Å²) >= 11 is 12.1. The number of hydrogen-bond acceptors (Lipinski definition) is 2. The smallest absolute Gasteiger partial charge is 0.128 e. The zero-order valence-corrected chi connectivity index (χ0v) is 15.3. The molecule has 25 heavy (non-hydrogen) atoms. The summed E-state index contributed by atoms with van der Waals surface area (Å²) in [5, 5.41) is 1.21. The maximum atomic E-state index is 6.20. The fourth-order valence-electron chi connectivity index (χ4n) is 2.36. The highest BCUT2D eigenvalue weighted by Crippen LogP contribution is 2.24. The summed E-state index contributed by atoms with van der Waals surface area (Å²) in [7, 11) is 0. The van der Waals surface area contributed by atoms with E-state index in [1.807, 2.05) is 67.7 Å². The van der Waals surface area contributed by atoms with Crippen LogP contribution < -0.4 is 4.74 Å². The molecule has 0 N–H and O–H groups in total. The molecule has 4 heteroatoms. The molecule has 3 rings (SSSR count). The van der Waals surface area contributed by atoms with Gasteiger partial charge < -0.3 is 4.74 Å². The van der Waals surface area contributed by atoms with Crippen molar-refractivity contribution in [2.45, 2.75) is 13.5 Å². The van der Waals surface area contributed by atoms with Crippen molar-refractivity contribution in [1.82, 2.24) is 0 Å². The summed E-state index contributed by atoms with van der Waals surface area (Å²) < 4.78 is 5.94. The average Bonchev–Trinajstić information content (AvgIpc) is 2.61. The van der Waals surface area contributed by atoms with Crippen LogP contribution in [0.15, 0.2) is 71.7 Å². The third-order valence-electron chi connectivity index (χ3n) is 3.78. The number of para-hydroxylation sites is 2. The van der Waals surface area contributed by atoms with Gasteiger partial charge in [0.2, 0.25) is 0 Å². The molecular weight excluding hydrogens is 353 g/mol. The molecule has 0 fully saturated rings. The van der Waals surface area contributed by atoms with E-state index in [4.69, 9.17) is 27.9 Å². The van der Waals surface area contributed by atoms with Crippen molar-refractivity contribution in [2.75, 3.05) is 0 Å². The highest BCUT2D eigenvalue weighted by Gasteiger charge is 2.05. The van der Waals surface area contributed by atoms with Gasteiger partial charge in [-0.15, -0.1) is 0 Å². The van der Waals surface area contributed by atoms with Crippen LogP contribution >= 0.6 is 23.2 Å². The number of aryl methyl sites for hydroxylation is 1. The Morgan fingerprint density at radius 1 is 0.960 bits per heavy atom. The van der Waals surface area contributed by atoms with Crippen molar-refractivity contribution in [2.24, 2.45) is 4.99 Å². The Labute approximate surface area is 157 Å². The first-order valence-corrected chi connectivity index (χ1v) is 8.64. The van der Waals surface area contributed by atoms with E-state index in [2.05, 4.69) is 4.99 Å². The quantitative estimate of drug-likeness (QED) is 0.462. The molecule has 0 aliphatic rings. The van der Waals surface area contributed by atoms with Crippen molar-refractivity contribution < 1.29 is 4.74 Å². The fourth-order valence-corrected chi connectivity index (χ4v) is 2.82. The van der Waals surface area contributed by atoms with Crippen LogP contribution in [0.3, 0.4) is 0 Å². The third kappa shape index (κ3) is 4.62. The minimum Gasteiger partial charge on any atom is -0.488 e. The summed E-state index contributed by atoms with van der Waals surface area (Å²) in [6.07, 6.45) is 1.82. The van der Waals surface area contributed by atoms with Gasteiger partial charge in [-0.1, -0.05) is 59.6 Å². The summed E-state index contributed by atoms with van der Waals surface area (Å²) in [6.45, 7) is 2.41. The molecule has 0 heterocycles. The minimum atomic E-state index is 0.366. The largest absolute Gasteiger partial charge is 0.488 e. The van der Waals surface area contributed by atoms with Gasteiger partial charge in [0.05, 0.1) is 5.69 Å². The standard InChI is InChI=1S/C21H17Cl2NO/c1-15-6-2-4-8-20(15)24-13-16-7-3-5-9-21(16)25-14-17-10-11-18(22)12-19(17)23/h2-13H,14H2,1H3. The molecule has 0 atom stereocenters. The van der Waals surface area contributed by atoms with Crippen molar-refractivity contribution in [1.29, 1.82) is 0 Å². The molecule has 0 bridgehead atoms. The molecule has 0 aromatic heterocycles. The highest BCUT2D eigenvalue weighted by molar-refractivity contribution is 6.35. The predicted molar refractivity (Wildman–Crippen MR) is 106 cm³/mol. The number of rotatable bonds is 5. The maximum Gasteiger partial charge on any atom is 0.128 e. The Bertz CT molecular complexity index is 906. The molecule has 3 aromatic carbocycles. The van der Waals surface area contributed by atoms with E-state index in [1.165, 1.54) is 0 Å². The SMILES string of the molecule is Cc1ccccc1N=Cc1ccccc1OCc1ccc(Cl)cc1Cl. The van der Waals surface area contributed by atoms with E-state index in [0.717, 1.165) is 28.1 Å². The van der Waals surface area contributed by atoms with Crippen LogP contribution in [0.5, 0.6) is 5.75 Å². The van der Waals surface area contributed by atoms with Gasteiger partial charge in [-0.05, 0) is 42.8 Å². The van der Waals surface area contributed by atoms with Crippen LogP contribution in [-0.2, 0) is 6.61 Å². The van der Waals surface area contributed by atoms with E-state index < -0.39 is 0 Å². The molecule has 0 aliphatic heterocycles. The second-order valence-corrected chi connectivity index (χ2v) is 6.45. The Kier molecular flexibility index (Phi) is 5.75. The third-order valence-corrected chi connectivity index (χ3v) is 4.36. The first-order valence-electron chi connectivity index (χ1n) is 7.89. The monoisotopic (exact) mass is 369 g/mol.